The molecule has 2 aliphatic rings. The Balaban J connectivity index is 1.35. The SMILES string of the molecule is CC1(C)Cc2cccc(OCCNC(=O)c3sccc3S(=O)(=O)N3CCSCC3)c2O1. The summed E-state index contributed by atoms with van der Waals surface area (Å²) >= 11 is 2.87. The number of hydrogen-bond acceptors (Lipinski definition) is 7. The number of thiophene rings is 1. The summed E-state index contributed by atoms with van der Waals surface area (Å²) in [4.78, 5) is 13.0. The quantitative estimate of drug-likeness (QED) is 0.611. The fourth-order valence-corrected chi connectivity index (χ4v) is 7.59. The van der Waals surface area contributed by atoms with E-state index < -0.39 is 15.9 Å². The van der Waals surface area contributed by atoms with Crippen molar-refractivity contribution in [3.05, 3.63) is 40.1 Å². The molecule has 7 nitrogen and oxygen atoms in total. The monoisotopic (exact) mass is 482 g/mol. The van der Waals surface area contributed by atoms with Gasteiger partial charge in [-0.15, -0.1) is 11.3 Å². The van der Waals surface area contributed by atoms with Crippen LogP contribution in [-0.4, -0.2) is 62.0 Å². The van der Waals surface area contributed by atoms with Crippen LogP contribution in [0.1, 0.15) is 29.1 Å². The Morgan fingerprint density at radius 2 is 2.03 bits per heavy atom. The minimum absolute atomic E-state index is 0.0827. The molecular formula is C21H26N2O5S3. The number of ether oxygens (including phenoxy) is 2. The molecule has 0 aliphatic carbocycles. The minimum Gasteiger partial charge on any atom is -0.488 e. The lowest BCUT2D eigenvalue weighted by atomic mass is 10.0. The number of sulfonamides is 1. The standard InChI is InChI=1S/C21H26N2O5S3/c1-21(2)14-15-4-3-5-16(18(15)28-21)27-10-7-22-20(24)19-17(6-11-30-19)31(25,26)23-8-12-29-13-9-23/h3-6,11H,7-10,12-14H2,1-2H3,(H,22,24). The smallest absolute Gasteiger partial charge is 0.262 e. The Hall–Kier alpha value is -1.75. The first-order chi connectivity index (χ1) is 14.8. The number of hydrogen-bond donors (Lipinski definition) is 1. The van der Waals surface area contributed by atoms with Crippen LogP contribution in [0.2, 0.25) is 0 Å². The van der Waals surface area contributed by atoms with Crippen LogP contribution in [0.15, 0.2) is 34.5 Å². The molecule has 1 amide bonds. The van der Waals surface area contributed by atoms with Crippen molar-refractivity contribution in [2.75, 3.05) is 37.7 Å². The van der Waals surface area contributed by atoms with E-state index in [1.54, 1.807) is 17.1 Å². The molecule has 31 heavy (non-hydrogen) atoms. The first-order valence-corrected chi connectivity index (χ1v) is 13.6. The van der Waals surface area contributed by atoms with Gasteiger partial charge in [0.25, 0.3) is 5.91 Å². The third-order valence-corrected chi connectivity index (χ3v) is 9.05. The lowest BCUT2D eigenvalue weighted by molar-refractivity contribution is 0.0947. The molecule has 1 N–H and O–H groups in total. The second-order valence-corrected chi connectivity index (χ2v) is 12.1. The summed E-state index contributed by atoms with van der Waals surface area (Å²) in [7, 11) is -3.66. The number of amides is 1. The highest BCUT2D eigenvalue weighted by Gasteiger charge is 2.33. The number of benzene rings is 1. The van der Waals surface area contributed by atoms with Gasteiger partial charge in [0.2, 0.25) is 10.0 Å². The summed E-state index contributed by atoms with van der Waals surface area (Å²) < 4.78 is 39.2. The van der Waals surface area contributed by atoms with Gasteiger partial charge in [-0.25, -0.2) is 8.42 Å². The van der Waals surface area contributed by atoms with Crippen LogP contribution in [-0.2, 0) is 16.4 Å². The van der Waals surface area contributed by atoms with Crippen molar-refractivity contribution >= 4 is 39.0 Å². The molecule has 2 aromatic rings. The first kappa shape index (κ1) is 22.4. The number of rotatable bonds is 7. The molecule has 168 valence electrons. The molecule has 0 spiro atoms. The van der Waals surface area contributed by atoms with E-state index in [0.29, 0.717) is 18.8 Å². The van der Waals surface area contributed by atoms with Crippen LogP contribution in [0.5, 0.6) is 11.5 Å². The number of fused-ring (bicyclic) bond motifs is 1. The predicted molar refractivity (Wildman–Crippen MR) is 123 cm³/mol. The summed E-state index contributed by atoms with van der Waals surface area (Å²) in [6.45, 7) is 5.52. The summed E-state index contributed by atoms with van der Waals surface area (Å²) in [6, 6.07) is 7.32. The maximum absolute atomic E-state index is 13.0. The third kappa shape index (κ3) is 4.87. The molecule has 3 heterocycles. The Morgan fingerprint density at radius 1 is 1.26 bits per heavy atom. The fraction of sp³-hybridized carbons (Fsp3) is 0.476. The van der Waals surface area contributed by atoms with E-state index in [-0.39, 0.29) is 28.5 Å². The van der Waals surface area contributed by atoms with Gasteiger partial charge in [0.05, 0.1) is 6.54 Å². The average molecular weight is 483 g/mol. The third-order valence-electron chi connectivity index (χ3n) is 5.12. The number of thioether (sulfide) groups is 1. The van der Waals surface area contributed by atoms with Gasteiger partial charge in [0.15, 0.2) is 11.5 Å². The molecule has 0 unspecified atom stereocenters. The van der Waals surface area contributed by atoms with Crippen molar-refractivity contribution in [2.24, 2.45) is 0 Å². The van der Waals surface area contributed by atoms with Crippen molar-refractivity contribution in [1.82, 2.24) is 9.62 Å². The van der Waals surface area contributed by atoms with Crippen molar-refractivity contribution in [3.8, 4) is 11.5 Å². The molecule has 0 radical (unpaired) electrons. The van der Waals surface area contributed by atoms with Crippen LogP contribution in [0, 0.1) is 0 Å². The second-order valence-electron chi connectivity index (χ2n) is 8.02. The molecule has 1 aromatic carbocycles. The van der Waals surface area contributed by atoms with Gasteiger partial charge in [-0.2, -0.15) is 16.1 Å². The molecule has 4 rings (SSSR count). The van der Waals surface area contributed by atoms with Crippen molar-refractivity contribution in [3.63, 3.8) is 0 Å². The number of nitrogens with one attached hydrogen (secondary N) is 1. The fourth-order valence-electron chi connectivity index (χ4n) is 3.70. The van der Waals surface area contributed by atoms with Gasteiger partial charge in [-0.1, -0.05) is 12.1 Å². The van der Waals surface area contributed by atoms with E-state index >= 15 is 0 Å². The van der Waals surface area contributed by atoms with Gasteiger partial charge in [-0.3, -0.25) is 4.79 Å². The molecule has 10 heteroatoms. The van der Waals surface area contributed by atoms with Gasteiger partial charge in [0.1, 0.15) is 22.0 Å². The van der Waals surface area contributed by atoms with Crippen LogP contribution in [0.25, 0.3) is 0 Å². The molecule has 0 atom stereocenters. The highest BCUT2D eigenvalue weighted by molar-refractivity contribution is 7.99. The van der Waals surface area contributed by atoms with Crippen LogP contribution in [0.3, 0.4) is 0 Å². The van der Waals surface area contributed by atoms with E-state index in [2.05, 4.69) is 5.32 Å². The van der Waals surface area contributed by atoms with E-state index in [0.717, 1.165) is 40.6 Å². The van der Waals surface area contributed by atoms with Gasteiger partial charge < -0.3 is 14.8 Å². The van der Waals surface area contributed by atoms with Crippen LogP contribution < -0.4 is 14.8 Å². The largest absolute Gasteiger partial charge is 0.488 e. The summed E-state index contributed by atoms with van der Waals surface area (Å²) in [5.74, 6) is 2.54. The molecule has 1 fully saturated rings. The van der Waals surface area contributed by atoms with E-state index in [1.807, 2.05) is 32.0 Å². The average Bonchev–Trinajstić information content (AvgIpc) is 3.35. The lowest BCUT2D eigenvalue weighted by Crippen LogP contribution is -2.38. The van der Waals surface area contributed by atoms with Crippen LogP contribution >= 0.6 is 23.1 Å². The van der Waals surface area contributed by atoms with Gasteiger partial charge in [-0.05, 0) is 31.4 Å². The molecule has 0 bridgehead atoms. The molecule has 0 saturated carbocycles. The summed E-state index contributed by atoms with van der Waals surface area (Å²) in [6.07, 6.45) is 0.821. The van der Waals surface area contributed by atoms with Crippen molar-refractivity contribution < 1.29 is 22.7 Å². The normalized spacial score (nSPS) is 18.3. The van der Waals surface area contributed by atoms with Crippen molar-refractivity contribution in [2.45, 2.75) is 30.8 Å². The summed E-state index contributed by atoms with van der Waals surface area (Å²) in [5, 5.41) is 4.42. The maximum atomic E-state index is 13.0. The Labute approximate surface area is 191 Å². The van der Waals surface area contributed by atoms with E-state index in [1.165, 1.54) is 10.4 Å². The zero-order chi connectivity index (χ0) is 22.1. The maximum Gasteiger partial charge on any atom is 0.262 e. The lowest BCUT2D eigenvalue weighted by Gasteiger charge is -2.25. The number of nitrogens with zero attached hydrogens (tertiary/aromatic N) is 1. The van der Waals surface area contributed by atoms with Crippen LogP contribution in [0.4, 0.5) is 0 Å². The van der Waals surface area contributed by atoms with Crippen molar-refractivity contribution in [1.29, 1.82) is 0 Å². The van der Waals surface area contributed by atoms with Gasteiger partial charge in [0, 0.05) is 36.6 Å². The topological polar surface area (TPSA) is 84.9 Å². The Bertz CT molecular complexity index is 1060. The second kappa shape index (κ2) is 9.01. The number of carbonyl (C=O) groups excluding carboxylic acids is 1. The highest BCUT2D eigenvalue weighted by atomic mass is 32.2. The molecular weight excluding hydrogens is 456 g/mol. The number of para-hydroxylation sites is 1. The Kier molecular flexibility index (Phi) is 6.52. The zero-order valence-corrected chi connectivity index (χ0v) is 20.0. The first-order valence-electron chi connectivity index (χ1n) is 10.2. The minimum atomic E-state index is -3.66. The Morgan fingerprint density at radius 3 is 2.81 bits per heavy atom. The van der Waals surface area contributed by atoms with E-state index in [4.69, 9.17) is 9.47 Å². The predicted octanol–water partition coefficient (Wildman–Crippen LogP) is 3.01. The van der Waals surface area contributed by atoms with E-state index in [9.17, 15) is 13.2 Å². The molecule has 2 aliphatic heterocycles. The molecule has 1 aromatic heterocycles. The molecule has 1 saturated heterocycles. The highest BCUT2D eigenvalue weighted by Crippen LogP contribution is 2.41. The summed E-state index contributed by atoms with van der Waals surface area (Å²) in [5.41, 5.74) is 0.848. The zero-order valence-electron chi connectivity index (χ0n) is 17.5. The van der Waals surface area contributed by atoms with Gasteiger partial charge >= 0.3 is 0 Å². The number of carbonyl (C=O) groups is 1.